The Bertz CT molecular complexity index is 741. The molecule has 2 aromatic rings. The van der Waals surface area contributed by atoms with E-state index < -0.39 is 0 Å². The van der Waals surface area contributed by atoms with Gasteiger partial charge in [0.1, 0.15) is 0 Å². The van der Waals surface area contributed by atoms with Crippen molar-refractivity contribution in [3.63, 3.8) is 0 Å². The first kappa shape index (κ1) is 18.6. The molecule has 0 saturated carbocycles. The minimum Gasteiger partial charge on any atom is -0.350 e. The van der Waals surface area contributed by atoms with Gasteiger partial charge in [-0.3, -0.25) is 9.59 Å². The van der Waals surface area contributed by atoms with E-state index in [2.05, 4.69) is 16.3 Å². The predicted octanol–water partition coefficient (Wildman–Crippen LogP) is 3.30. The van der Waals surface area contributed by atoms with Crippen LogP contribution in [0.5, 0.6) is 0 Å². The smallest absolute Gasteiger partial charge is 0.251 e. The standard InChI is InChI=1S/C20H25N3O2S/c1-22(2)17(18-6-5-13-26-18)14-21-20(25)15-8-10-16(11-9-15)23-12-4-3-7-19(23)24/h5-6,8-11,13,17H,3-4,7,12,14H2,1-2H3,(H,21,25). The number of nitrogens with zero attached hydrogens (tertiary/aromatic N) is 2. The number of benzene rings is 1. The van der Waals surface area contributed by atoms with E-state index in [1.165, 1.54) is 4.88 Å². The highest BCUT2D eigenvalue weighted by Crippen LogP contribution is 2.23. The molecule has 1 aromatic heterocycles. The topological polar surface area (TPSA) is 52.7 Å². The third kappa shape index (κ3) is 4.31. The molecule has 1 unspecified atom stereocenters. The van der Waals surface area contributed by atoms with Crippen LogP contribution >= 0.6 is 11.3 Å². The Kier molecular flexibility index (Phi) is 6.06. The van der Waals surface area contributed by atoms with Gasteiger partial charge in [-0.15, -0.1) is 11.3 Å². The summed E-state index contributed by atoms with van der Waals surface area (Å²) in [4.78, 5) is 29.6. The highest BCUT2D eigenvalue weighted by Gasteiger charge is 2.20. The van der Waals surface area contributed by atoms with Crippen LogP contribution in [-0.4, -0.2) is 43.9 Å². The molecule has 6 heteroatoms. The molecule has 5 nitrogen and oxygen atoms in total. The van der Waals surface area contributed by atoms with Crippen molar-refractivity contribution in [3.05, 3.63) is 52.2 Å². The normalized spacial score (nSPS) is 16.0. The molecule has 1 atom stereocenters. The minimum atomic E-state index is -0.0927. The van der Waals surface area contributed by atoms with E-state index in [-0.39, 0.29) is 17.9 Å². The average Bonchev–Trinajstić information content (AvgIpc) is 3.16. The quantitative estimate of drug-likeness (QED) is 0.848. The molecular weight excluding hydrogens is 346 g/mol. The summed E-state index contributed by atoms with van der Waals surface area (Å²) in [6, 6.07) is 11.6. The van der Waals surface area contributed by atoms with Crippen LogP contribution in [0.3, 0.4) is 0 Å². The SMILES string of the molecule is CN(C)C(CNC(=O)c1ccc(N2CCCCC2=O)cc1)c1cccs1. The van der Waals surface area contributed by atoms with Crippen LogP contribution in [0.15, 0.2) is 41.8 Å². The number of nitrogens with one attached hydrogen (secondary N) is 1. The Hall–Kier alpha value is -2.18. The fourth-order valence-corrected chi connectivity index (χ4v) is 4.10. The Morgan fingerprint density at radius 2 is 2.00 bits per heavy atom. The number of carbonyl (C=O) groups is 2. The molecule has 0 radical (unpaired) electrons. The predicted molar refractivity (Wildman–Crippen MR) is 106 cm³/mol. The summed E-state index contributed by atoms with van der Waals surface area (Å²) >= 11 is 1.69. The van der Waals surface area contributed by atoms with Crippen LogP contribution in [0.4, 0.5) is 5.69 Å². The number of likely N-dealkylation sites (N-methyl/N-ethyl adjacent to an activating group) is 1. The number of thiophene rings is 1. The summed E-state index contributed by atoms with van der Waals surface area (Å²) in [5.74, 6) is 0.0724. The van der Waals surface area contributed by atoms with Crippen molar-refractivity contribution >= 4 is 28.8 Å². The van der Waals surface area contributed by atoms with Crippen molar-refractivity contribution < 1.29 is 9.59 Å². The van der Waals surface area contributed by atoms with Crippen LogP contribution in [-0.2, 0) is 4.79 Å². The zero-order valence-corrected chi connectivity index (χ0v) is 16.1. The van der Waals surface area contributed by atoms with Crippen LogP contribution < -0.4 is 10.2 Å². The van der Waals surface area contributed by atoms with E-state index in [0.29, 0.717) is 18.5 Å². The number of hydrogen-bond donors (Lipinski definition) is 1. The molecule has 26 heavy (non-hydrogen) atoms. The van der Waals surface area contributed by atoms with Gasteiger partial charge in [-0.1, -0.05) is 6.07 Å². The lowest BCUT2D eigenvalue weighted by atomic mass is 10.1. The van der Waals surface area contributed by atoms with E-state index in [4.69, 9.17) is 0 Å². The number of anilines is 1. The summed E-state index contributed by atoms with van der Waals surface area (Å²) in [7, 11) is 4.03. The summed E-state index contributed by atoms with van der Waals surface area (Å²) in [5.41, 5.74) is 1.48. The van der Waals surface area contributed by atoms with Gasteiger partial charge < -0.3 is 15.1 Å². The van der Waals surface area contributed by atoms with E-state index in [1.54, 1.807) is 23.5 Å². The second-order valence-corrected chi connectivity index (χ2v) is 7.73. The minimum absolute atomic E-state index is 0.0927. The van der Waals surface area contributed by atoms with Gasteiger partial charge in [-0.25, -0.2) is 0 Å². The first-order chi connectivity index (χ1) is 12.6. The molecule has 1 aliphatic rings. The van der Waals surface area contributed by atoms with Crippen molar-refractivity contribution in [2.24, 2.45) is 0 Å². The molecule has 1 fully saturated rings. The van der Waals surface area contributed by atoms with Gasteiger partial charge >= 0.3 is 0 Å². The molecule has 138 valence electrons. The summed E-state index contributed by atoms with van der Waals surface area (Å²) in [6.07, 6.45) is 2.60. The van der Waals surface area contributed by atoms with E-state index in [0.717, 1.165) is 25.1 Å². The van der Waals surface area contributed by atoms with Crippen molar-refractivity contribution in [3.8, 4) is 0 Å². The molecular formula is C20H25N3O2S. The van der Waals surface area contributed by atoms with E-state index in [9.17, 15) is 9.59 Å². The third-order valence-electron chi connectivity index (χ3n) is 4.72. The van der Waals surface area contributed by atoms with Crippen LogP contribution in [0.25, 0.3) is 0 Å². The molecule has 1 saturated heterocycles. The molecule has 2 amide bonds. The number of piperidine rings is 1. The summed E-state index contributed by atoms with van der Waals surface area (Å²) in [6.45, 7) is 1.31. The number of hydrogen-bond acceptors (Lipinski definition) is 4. The molecule has 0 spiro atoms. The lowest BCUT2D eigenvalue weighted by molar-refractivity contribution is -0.119. The number of rotatable bonds is 6. The number of carbonyl (C=O) groups excluding carboxylic acids is 2. The molecule has 1 aromatic carbocycles. The van der Waals surface area contributed by atoms with Crippen molar-refractivity contribution in [2.75, 3.05) is 32.1 Å². The lowest BCUT2D eigenvalue weighted by Gasteiger charge is -2.27. The monoisotopic (exact) mass is 371 g/mol. The largest absolute Gasteiger partial charge is 0.350 e. The van der Waals surface area contributed by atoms with Crippen LogP contribution in [0, 0.1) is 0 Å². The Labute approximate surface area is 158 Å². The first-order valence-electron chi connectivity index (χ1n) is 8.94. The maximum atomic E-state index is 12.5. The van der Waals surface area contributed by atoms with Gasteiger partial charge in [0, 0.05) is 35.6 Å². The fraction of sp³-hybridized carbons (Fsp3) is 0.400. The second kappa shape index (κ2) is 8.47. The first-order valence-corrected chi connectivity index (χ1v) is 9.82. The van der Waals surface area contributed by atoms with Crippen molar-refractivity contribution in [1.82, 2.24) is 10.2 Å². The van der Waals surface area contributed by atoms with Gasteiger partial charge in [0.2, 0.25) is 5.91 Å². The fourth-order valence-electron chi connectivity index (χ4n) is 3.18. The zero-order valence-electron chi connectivity index (χ0n) is 15.3. The number of amides is 2. The average molecular weight is 372 g/mol. The van der Waals surface area contributed by atoms with Crippen LogP contribution in [0.2, 0.25) is 0 Å². The van der Waals surface area contributed by atoms with Crippen molar-refractivity contribution in [1.29, 1.82) is 0 Å². The van der Waals surface area contributed by atoms with Gasteiger partial charge in [-0.05, 0) is 62.6 Å². The van der Waals surface area contributed by atoms with Crippen LogP contribution in [0.1, 0.15) is 40.5 Å². The van der Waals surface area contributed by atoms with Crippen molar-refractivity contribution in [2.45, 2.75) is 25.3 Å². The summed E-state index contributed by atoms with van der Waals surface area (Å²) < 4.78 is 0. The molecule has 0 aliphatic carbocycles. The van der Waals surface area contributed by atoms with Gasteiger partial charge in [0.15, 0.2) is 0 Å². The second-order valence-electron chi connectivity index (χ2n) is 6.75. The molecule has 3 rings (SSSR count). The molecule has 2 heterocycles. The van der Waals surface area contributed by atoms with E-state index >= 15 is 0 Å². The highest BCUT2D eigenvalue weighted by molar-refractivity contribution is 7.10. The highest BCUT2D eigenvalue weighted by atomic mass is 32.1. The molecule has 1 N–H and O–H groups in total. The third-order valence-corrected chi connectivity index (χ3v) is 5.69. The maximum Gasteiger partial charge on any atom is 0.251 e. The Morgan fingerprint density at radius 3 is 2.62 bits per heavy atom. The molecule has 0 bridgehead atoms. The Balaban J connectivity index is 1.62. The zero-order chi connectivity index (χ0) is 18.5. The van der Waals surface area contributed by atoms with E-state index in [1.807, 2.05) is 42.6 Å². The van der Waals surface area contributed by atoms with Gasteiger partial charge in [0.25, 0.3) is 5.91 Å². The molecule has 1 aliphatic heterocycles. The Morgan fingerprint density at radius 1 is 1.23 bits per heavy atom. The van der Waals surface area contributed by atoms with Gasteiger partial charge in [-0.2, -0.15) is 0 Å². The maximum absolute atomic E-state index is 12.5. The summed E-state index contributed by atoms with van der Waals surface area (Å²) in [5, 5.41) is 5.07. The lowest BCUT2D eigenvalue weighted by Crippen LogP contribution is -2.35. The van der Waals surface area contributed by atoms with Gasteiger partial charge in [0.05, 0.1) is 6.04 Å².